The summed E-state index contributed by atoms with van der Waals surface area (Å²) >= 11 is 1.66. The molecule has 1 aromatic heterocycles. The lowest BCUT2D eigenvalue weighted by Crippen LogP contribution is -2.30. The van der Waals surface area contributed by atoms with Crippen LogP contribution >= 0.6 is 11.3 Å². The molecule has 4 rings (SSSR count). The van der Waals surface area contributed by atoms with E-state index in [1.807, 2.05) is 0 Å². The van der Waals surface area contributed by atoms with E-state index in [1.165, 1.54) is 41.8 Å². The van der Waals surface area contributed by atoms with Gasteiger partial charge in [-0.1, -0.05) is 45.4 Å². The van der Waals surface area contributed by atoms with Crippen LogP contribution in [0.4, 0.5) is 8.78 Å². The topological polar surface area (TPSA) is 41.7 Å². The molecule has 1 aliphatic rings. The first-order valence-electron chi connectivity index (χ1n) is 15.1. The van der Waals surface area contributed by atoms with Gasteiger partial charge in [-0.3, -0.25) is 0 Å². The van der Waals surface area contributed by atoms with Crippen LogP contribution in [-0.2, 0) is 13.0 Å². The highest BCUT2D eigenvalue weighted by atomic mass is 32.1. The fourth-order valence-corrected chi connectivity index (χ4v) is 6.34. The second-order valence-electron chi connectivity index (χ2n) is 10.8. The Kier molecular flexibility index (Phi) is 12.2. The summed E-state index contributed by atoms with van der Waals surface area (Å²) in [5.41, 5.74) is 6.48. The second kappa shape index (κ2) is 16.0. The Balaban J connectivity index is 1.73. The molecule has 0 aliphatic carbocycles. The molecule has 0 radical (unpaired) electrons. The van der Waals surface area contributed by atoms with Gasteiger partial charge < -0.3 is 14.6 Å². The van der Waals surface area contributed by atoms with Crippen LogP contribution in [-0.4, -0.2) is 42.3 Å². The first kappa shape index (κ1) is 31.2. The number of aliphatic hydroxyl groups excluding tert-OH is 1. The summed E-state index contributed by atoms with van der Waals surface area (Å²) in [5, 5.41) is 13.3. The fraction of sp³-hybridized carbons (Fsp3) is 0.500. The molecule has 0 unspecified atom stereocenters. The van der Waals surface area contributed by atoms with E-state index in [2.05, 4.69) is 34.4 Å². The molecule has 0 amide bonds. The van der Waals surface area contributed by atoms with Gasteiger partial charge in [0.2, 0.25) is 0 Å². The number of unbranched alkanes of at least 4 members (excludes halogenated alkanes) is 7. The molecule has 41 heavy (non-hydrogen) atoms. The van der Waals surface area contributed by atoms with Crippen molar-refractivity contribution in [3.63, 3.8) is 0 Å². The van der Waals surface area contributed by atoms with Crippen molar-refractivity contribution >= 4 is 17.0 Å². The van der Waals surface area contributed by atoms with Gasteiger partial charge in [0.1, 0.15) is 6.54 Å². The number of nitrogens with zero attached hydrogens (tertiary/aromatic N) is 1. The van der Waals surface area contributed by atoms with Gasteiger partial charge in [0, 0.05) is 41.7 Å². The molecule has 0 saturated heterocycles. The van der Waals surface area contributed by atoms with E-state index in [4.69, 9.17) is 14.6 Å². The van der Waals surface area contributed by atoms with Crippen molar-refractivity contribution in [2.75, 3.05) is 26.9 Å². The molecule has 0 bridgehead atoms. The smallest absolute Gasteiger partial charge is 0.184 e. The zero-order chi connectivity index (χ0) is 29.0. The fourth-order valence-electron chi connectivity index (χ4n) is 5.69. The van der Waals surface area contributed by atoms with Gasteiger partial charge in [-0.05, 0) is 65.9 Å². The maximum atomic E-state index is 14.1. The molecule has 4 nitrogen and oxygen atoms in total. The van der Waals surface area contributed by atoms with Gasteiger partial charge in [0.05, 0.1) is 13.7 Å². The number of ether oxygens (including phenoxy) is 2. The van der Waals surface area contributed by atoms with Crippen molar-refractivity contribution in [2.45, 2.75) is 84.1 Å². The average Bonchev–Trinajstić information content (AvgIpc) is 3.52. The lowest BCUT2D eigenvalue weighted by atomic mass is 9.88. The number of rotatable bonds is 17. The van der Waals surface area contributed by atoms with Crippen LogP contribution in [0.15, 0.2) is 41.1 Å². The third kappa shape index (κ3) is 8.16. The van der Waals surface area contributed by atoms with Crippen molar-refractivity contribution in [3.05, 3.63) is 69.4 Å². The Bertz CT molecular complexity index is 1290. The molecular formula is C34H44F2NO3S+. The van der Waals surface area contributed by atoms with Gasteiger partial charge in [-0.25, -0.2) is 13.4 Å². The zero-order valence-corrected chi connectivity index (χ0v) is 25.3. The van der Waals surface area contributed by atoms with Crippen molar-refractivity contribution in [2.24, 2.45) is 0 Å². The number of hydrogen-bond acceptors (Lipinski definition) is 4. The van der Waals surface area contributed by atoms with Crippen LogP contribution in [0.1, 0.15) is 87.8 Å². The van der Waals surface area contributed by atoms with Crippen LogP contribution in [0.2, 0.25) is 0 Å². The number of hydrogen-bond donors (Lipinski definition) is 1. The Hall–Kier alpha value is -2.77. The molecular weight excluding hydrogens is 540 g/mol. The molecule has 0 fully saturated rings. The van der Waals surface area contributed by atoms with Crippen molar-refractivity contribution in [1.29, 1.82) is 0 Å². The lowest BCUT2D eigenvalue weighted by Gasteiger charge is -2.25. The van der Waals surface area contributed by atoms with E-state index in [9.17, 15) is 8.78 Å². The molecule has 1 N–H and O–H groups in total. The first-order chi connectivity index (χ1) is 20.1. The maximum absolute atomic E-state index is 14.1. The van der Waals surface area contributed by atoms with Crippen molar-refractivity contribution in [1.82, 2.24) is 0 Å². The standard InChI is InChI=1S/C34H44F2NO3S/c1-3-4-5-9-12-32-29-22-28(26-16-20-41-24-26)33(39-2)34(40-19-11-8-6-7-10-18-38)27(29)15-17-37(32)23-25-13-14-30(35)31(36)21-25/h13-14,16,20-22,24,38H,3-12,15,17-19,23H2,1-2H3/q+1. The average molecular weight is 585 g/mol. The van der Waals surface area contributed by atoms with Crippen LogP contribution in [0.3, 0.4) is 0 Å². The van der Waals surface area contributed by atoms with Crippen LogP contribution < -0.4 is 9.47 Å². The highest BCUT2D eigenvalue weighted by molar-refractivity contribution is 7.08. The predicted molar refractivity (Wildman–Crippen MR) is 164 cm³/mol. The Labute approximate surface area is 247 Å². The Morgan fingerprint density at radius 1 is 0.902 bits per heavy atom. The van der Waals surface area contributed by atoms with Gasteiger partial charge in [-0.2, -0.15) is 11.3 Å². The molecule has 2 aromatic carbocycles. The summed E-state index contributed by atoms with van der Waals surface area (Å²) in [6.45, 7) is 4.38. The number of benzene rings is 2. The van der Waals surface area contributed by atoms with Crippen LogP contribution in [0, 0.1) is 11.6 Å². The number of aliphatic hydroxyl groups is 1. The van der Waals surface area contributed by atoms with Gasteiger partial charge >= 0.3 is 0 Å². The van der Waals surface area contributed by atoms with E-state index >= 15 is 0 Å². The van der Waals surface area contributed by atoms with Crippen molar-refractivity contribution < 1.29 is 27.9 Å². The number of methoxy groups -OCH3 is 1. The minimum atomic E-state index is -0.816. The third-order valence-corrected chi connectivity index (χ3v) is 8.56. The van der Waals surface area contributed by atoms with E-state index in [0.717, 1.165) is 92.5 Å². The summed E-state index contributed by atoms with van der Waals surface area (Å²) in [7, 11) is 1.72. The Morgan fingerprint density at radius 2 is 1.71 bits per heavy atom. The largest absolute Gasteiger partial charge is 0.492 e. The molecule has 0 atom stereocenters. The van der Waals surface area contributed by atoms with Gasteiger partial charge in [0.25, 0.3) is 0 Å². The number of thiophene rings is 1. The summed E-state index contributed by atoms with van der Waals surface area (Å²) in [6, 6.07) is 8.59. The van der Waals surface area contributed by atoms with Gasteiger partial charge in [0.15, 0.2) is 35.4 Å². The van der Waals surface area contributed by atoms with Crippen molar-refractivity contribution in [3.8, 4) is 22.6 Å². The summed E-state index contributed by atoms with van der Waals surface area (Å²) < 4.78 is 42.7. The molecule has 0 spiro atoms. The second-order valence-corrected chi connectivity index (χ2v) is 11.6. The van der Waals surface area contributed by atoms with E-state index < -0.39 is 11.6 Å². The zero-order valence-electron chi connectivity index (χ0n) is 24.5. The SMILES string of the molecule is CCCCCCC1=[N+](Cc2ccc(F)c(F)c2)CCc2c1cc(-c1ccsc1)c(OC)c2OCCCCCCCO. The normalized spacial score (nSPS) is 13.0. The molecule has 222 valence electrons. The minimum absolute atomic E-state index is 0.250. The first-order valence-corrected chi connectivity index (χ1v) is 16.1. The summed E-state index contributed by atoms with van der Waals surface area (Å²) in [4.78, 5) is 0. The van der Waals surface area contributed by atoms with E-state index in [-0.39, 0.29) is 6.61 Å². The van der Waals surface area contributed by atoms with Crippen LogP contribution in [0.5, 0.6) is 11.5 Å². The molecule has 0 saturated carbocycles. The Morgan fingerprint density at radius 3 is 2.44 bits per heavy atom. The van der Waals surface area contributed by atoms with Crippen LogP contribution in [0.25, 0.3) is 11.1 Å². The quantitative estimate of drug-likeness (QED) is 0.128. The third-order valence-electron chi connectivity index (χ3n) is 7.87. The number of halogens is 2. The summed E-state index contributed by atoms with van der Waals surface area (Å²) in [5.74, 6) is -0.00737. The lowest BCUT2D eigenvalue weighted by molar-refractivity contribution is -0.545. The molecule has 2 heterocycles. The molecule has 7 heteroatoms. The number of fused-ring (bicyclic) bond motifs is 1. The summed E-state index contributed by atoms with van der Waals surface area (Å²) in [6.07, 6.45) is 11.3. The molecule has 1 aliphatic heterocycles. The highest BCUT2D eigenvalue weighted by Gasteiger charge is 2.32. The predicted octanol–water partition coefficient (Wildman–Crippen LogP) is 8.55. The van der Waals surface area contributed by atoms with E-state index in [0.29, 0.717) is 13.2 Å². The minimum Gasteiger partial charge on any atom is -0.492 e. The maximum Gasteiger partial charge on any atom is 0.184 e. The van der Waals surface area contributed by atoms with E-state index in [1.54, 1.807) is 24.5 Å². The van der Waals surface area contributed by atoms with Gasteiger partial charge in [-0.15, -0.1) is 0 Å². The highest BCUT2D eigenvalue weighted by Crippen LogP contribution is 2.45. The monoisotopic (exact) mass is 584 g/mol. The molecule has 3 aromatic rings.